The molecule has 3 heterocycles. The molecule has 0 bridgehead atoms. The summed E-state index contributed by atoms with van der Waals surface area (Å²) < 4.78 is 0. The number of aryl methyl sites for hydroxylation is 2. The molecule has 5 heteroatoms. The Bertz CT molecular complexity index is 692. The van der Waals surface area contributed by atoms with Crippen LogP contribution >= 0.6 is 11.3 Å². The fourth-order valence-corrected chi connectivity index (χ4v) is 2.84. The smallest absolute Gasteiger partial charge is 0.273 e. The third kappa shape index (κ3) is 2.13. The van der Waals surface area contributed by atoms with Gasteiger partial charge in [0.1, 0.15) is 5.71 Å². The van der Waals surface area contributed by atoms with Crippen molar-refractivity contribution in [2.75, 3.05) is 0 Å². The number of amides is 1. The van der Waals surface area contributed by atoms with Crippen LogP contribution in [0.1, 0.15) is 21.8 Å². The van der Waals surface area contributed by atoms with E-state index in [-0.39, 0.29) is 5.91 Å². The zero-order valence-corrected chi connectivity index (χ0v) is 11.5. The molecule has 1 aliphatic rings. The van der Waals surface area contributed by atoms with Gasteiger partial charge in [0.15, 0.2) is 0 Å². The van der Waals surface area contributed by atoms with Gasteiger partial charge in [-0.25, -0.2) is 5.43 Å². The Morgan fingerprint density at radius 3 is 2.84 bits per heavy atom. The summed E-state index contributed by atoms with van der Waals surface area (Å²) in [6.45, 7) is 4.02. The van der Waals surface area contributed by atoms with E-state index in [1.807, 2.05) is 37.4 Å². The zero-order chi connectivity index (χ0) is 13.4. The van der Waals surface area contributed by atoms with Crippen LogP contribution in [0.3, 0.4) is 0 Å². The number of nitrogens with zero attached hydrogens (tertiary/aromatic N) is 1. The van der Waals surface area contributed by atoms with E-state index in [0.29, 0.717) is 11.3 Å². The molecule has 0 aliphatic carbocycles. The van der Waals surface area contributed by atoms with Crippen LogP contribution in [-0.2, 0) is 4.79 Å². The summed E-state index contributed by atoms with van der Waals surface area (Å²) in [5.41, 5.74) is 7.00. The average Bonchev–Trinajstić information content (AvgIpc) is 3.04. The number of carbonyl (C=O) groups excluding carboxylic acids is 1. The number of carbonyl (C=O) groups is 1. The van der Waals surface area contributed by atoms with Gasteiger partial charge in [-0.15, -0.1) is 11.3 Å². The summed E-state index contributed by atoms with van der Waals surface area (Å²) in [5, 5.41) is 6.09. The molecule has 2 N–H and O–H groups in total. The number of aromatic nitrogens is 1. The maximum absolute atomic E-state index is 11.9. The fourth-order valence-electron chi connectivity index (χ4n) is 2.11. The second-order valence-electron chi connectivity index (χ2n) is 4.49. The van der Waals surface area contributed by atoms with Gasteiger partial charge in [0.2, 0.25) is 0 Å². The predicted molar refractivity (Wildman–Crippen MR) is 77.2 cm³/mol. The standard InChI is InChI=1S/C14H13N3OS/c1-8-6-9(2)15-11(8)7-10-13(16-17-14(10)18)12-4-3-5-19-12/h3-7,15H,1-2H3,(H,17,18)/b10-7-. The van der Waals surface area contributed by atoms with Crippen LogP contribution in [0.2, 0.25) is 0 Å². The molecule has 4 nitrogen and oxygen atoms in total. The summed E-state index contributed by atoms with van der Waals surface area (Å²) in [6.07, 6.45) is 1.86. The van der Waals surface area contributed by atoms with Gasteiger partial charge >= 0.3 is 0 Å². The second kappa shape index (κ2) is 4.51. The fraction of sp³-hybridized carbons (Fsp3) is 0.143. The first kappa shape index (κ1) is 11.9. The Hall–Kier alpha value is -2.14. The molecule has 0 fully saturated rings. The van der Waals surface area contributed by atoms with E-state index in [4.69, 9.17) is 0 Å². The predicted octanol–water partition coefficient (Wildman–Crippen LogP) is 2.61. The number of thiophene rings is 1. The number of aromatic amines is 1. The molecule has 0 saturated heterocycles. The van der Waals surface area contributed by atoms with E-state index in [1.165, 1.54) is 0 Å². The molecule has 3 rings (SSSR count). The summed E-state index contributed by atoms with van der Waals surface area (Å²) in [5.74, 6) is -0.157. The Balaban J connectivity index is 2.05. The maximum atomic E-state index is 11.9. The van der Waals surface area contributed by atoms with Gasteiger partial charge in [-0.1, -0.05) is 6.07 Å². The summed E-state index contributed by atoms with van der Waals surface area (Å²) >= 11 is 1.57. The van der Waals surface area contributed by atoms with Crippen LogP contribution in [0.4, 0.5) is 0 Å². The van der Waals surface area contributed by atoms with Gasteiger partial charge < -0.3 is 4.98 Å². The monoisotopic (exact) mass is 271 g/mol. The number of hydrogen-bond acceptors (Lipinski definition) is 3. The molecule has 19 heavy (non-hydrogen) atoms. The van der Waals surface area contributed by atoms with Crippen LogP contribution in [-0.4, -0.2) is 16.6 Å². The molecule has 0 unspecified atom stereocenters. The molecule has 1 aliphatic heterocycles. The van der Waals surface area contributed by atoms with Gasteiger partial charge in [0.05, 0.1) is 10.5 Å². The number of H-pyrrole nitrogens is 1. The molecule has 1 amide bonds. The van der Waals surface area contributed by atoms with Crippen molar-refractivity contribution < 1.29 is 4.79 Å². The van der Waals surface area contributed by atoms with Crippen molar-refractivity contribution >= 4 is 29.0 Å². The van der Waals surface area contributed by atoms with E-state index in [9.17, 15) is 4.79 Å². The molecule has 2 aromatic heterocycles. The lowest BCUT2D eigenvalue weighted by Crippen LogP contribution is -2.13. The number of hydrogen-bond donors (Lipinski definition) is 2. The Morgan fingerprint density at radius 1 is 1.37 bits per heavy atom. The molecule has 0 atom stereocenters. The van der Waals surface area contributed by atoms with Crippen LogP contribution in [0, 0.1) is 13.8 Å². The summed E-state index contributed by atoms with van der Waals surface area (Å²) in [7, 11) is 0. The van der Waals surface area contributed by atoms with Gasteiger partial charge in [-0.05, 0) is 43.0 Å². The quantitative estimate of drug-likeness (QED) is 0.810. The molecule has 0 saturated carbocycles. The van der Waals surface area contributed by atoms with E-state index >= 15 is 0 Å². The Kier molecular flexibility index (Phi) is 2.83. The van der Waals surface area contributed by atoms with Crippen molar-refractivity contribution in [2.45, 2.75) is 13.8 Å². The molecule has 2 aromatic rings. The van der Waals surface area contributed by atoms with Crippen molar-refractivity contribution in [3.8, 4) is 0 Å². The molecule has 0 radical (unpaired) electrons. The van der Waals surface area contributed by atoms with E-state index in [2.05, 4.69) is 21.6 Å². The van der Waals surface area contributed by atoms with Gasteiger partial charge in [-0.3, -0.25) is 4.79 Å². The maximum Gasteiger partial charge on any atom is 0.273 e. The Morgan fingerprint density at radius 2 is 2.21 bits per heavy atom. The minimum absolute atomic E-state index is 0.157. The number of hydrazone groups is 1. The van der Waals surface area contributed by atoms with E-state index < -0.39 is 0 Å². The first-order valence-corrected chi connectivity index (χ1v) is 6.83. The number of nitrogens with one attached hydrogen (secondary N) is 2. The van der Waals surface area contributed by atoms with Crippen LogP contribution in [0.15, 0.2) is 34.3 Å². The summed E-state index contributed by atoms with van der Waals surface area (Å²) in [6, 6.07) is 5.97. The second-order valence-corrected chi connectivity index (χ2v) is 5.43. The summed E-state index contributed by atoms with van der Waals surface area (Å²) in [4.78, 5) is 16.1. The largest absolute Gasteiger partial charge is 0.359 e. The minimum Gasteiger partial charge on any atom is -0.359 e. The van der Waals surface area contributed by atoms with Crippen molar-refractivity contribution in [1.82, 2.24) is 10.4 Å². The zero-order valence-electron chi connectivity index (χ0n) is 10.7. The van der Waals surface area contributed by atoms with Gasteiger partial charge in [-0.2, -0.15) is 5.10 Å². The van der Waals surface area contributed by atoms with Gasteiger partial charge in [0.25, 0.3) is 5.91 Å². The normalized spacial score (nSPS) is 16.8. The SMILES string of the molecule is Cc1cc(C)c(/C=C2\C(=O)NN=C2c2cccs2)[nH]1. The van der Waals surface area contributed by atoms with Crippen LogP contribution in [0.5, 0.6) is 0 Å². The van der Waals surface area contributed by atoms with Crippen molar-refractivity contribution in [3.05, 3.63) is 51.0 Å². The van der Waals surface area contributed by atoms with Crippen molar-refractivity contribution in [1.29, 1.82) is 0 Å². The minimum atomic E-state index is -0.157. The van der Waals surface area contributed by atoms with E-state index in [0.717, 1.165) is 21.8 Å². The number of rotatable bonds is 2. The molecule has 0 spiro atoms. The lowest BCUT2D eigenvalue weighted by molar-refractivity contribution is -0.116. The van der Waals surface area contributed by atoms with Crippen molar-refractivity contribution in [3.63, 3.8) is 0 Å². The van der Waals surface area contributed by atoms with Crippen LogP contribution < -0.4 is 5.43 Å². The van der Waals surface area contributed by atoms with Gasteiger partial charge in [0, 0.05) is 11.4 Å². The topological polar surface area (TPSA) is 57.2 Å². The highest BCUT2D eigenvalue weighted by molar-refractivity contribution is 7.12. The highest BCUT2D eigenvalue weighted by Gasteiger charge is 2.24. The first-order chi connectivity index (χ1) is 9.15. The van der Waals surface area contributed by atoms with Crippen molar-refractivity contribution in [2.24, 2.45) is 5.10 Å². The molecular weight excluding hydrogens is 258 g/mol. The highest BCUT2D eigenvalue weighted by Crippen LogP contribution is 2.22. The highest BCUT2D eigenvalue weighted by atomic mass is 32.1. The average molecular weight is 271 g/mol. The molecule has 96 valence electrons. The lowest BCUT2D eigenvalue weighted by atomic mass is 10.1. The molecular formula is C14H13N3OS. The van der Waals surface area contributed by atoms with Crippen LogP contribution in [0.25, 0.3) is 6.08 Å². The molecule has 0 aromatic carbocycles. The Labute approximate surface area is 114 Å². The van der Waals surface area contributed by atoms with E-state index in [1.54, 1.807) is 11.3 Å². The lowest BCUT2D eigenvalue weighted by Gasteiger charge is -1.98. The first-order valence-electron chi connectivity index (χ1n) is 5.95. The third-order valence-electron chi connectivity index (χ3n) is 3.00. The third-order valence-corrected chi connectivity index (χ3v) is 3.88.